The Hall–Kier alpha value is -1.32. The second kappa shape index (κ2) is 4.17. The van der Waals surface area contributed by atoms with Crippen LogP contribution in [0.3, 0.4) is 0 Å². The van der Waals surface area contributed by atoms with Gasteiger partial charge in [-0.25, -0.2) is 0 Å². The topological polar surface area (TPSA) is 20.2 Å². The number of rotatable bonds is 2. The fourth-order valence-electron chi connectivity index (χ4n) is 1.97. The fraction of sp³-hybridized carbons (Fsp3) is 0.143. The molecule has 3 aromatic rings. The van der Waals surface area contributed by atoms with E-state index in [1.807, 2.05) is 23.5 Å². The molecule has 1 N–H and O–H groups in total. The predicted octanol–water partition coefficient (Wildman–Crippen LogP) is 4.57. The van der Waals surface area contributed by atoms with Gasteiger partial charge in [0.25, 0.3) is 0 Å². The molecule has 0 unspecified atom stereocenters. The molecule has 3 rings (SSSR count). The summed E-state index contributed by atoms with van der Waals surface area (Å²) in [5.74, 6) is 0.347. The van der Waals surface area contributed by atoms with Crippen molar-refractivity contribution in [2.45, 2.75) is 13.3 Å². The lowest BCUT2D eigenvalue weighted by molar-refractivity contribution is 0.476. The van der Waals surface area contributed by atoms with E-state index in [0.717, 1.165) is 6.42 Å². The molecule has 17 heavy (non-hydrogen) atoms. The van der Waals surface area contributed by atoms with E-state index in [1.54, 1.807) is 17.4 Å². The Balaban J connectivity index is 2.03. The number of phenols is 1. The van der Waals surface area contributed by atoms with E-state index in [-0.39, 0.29) is 0 Å². The number of hydrogen-bond donors (Lipinski definition) is 1. The molecule has 0 fully saturated rings. The monoisotopic (exact) mass is 260 g/mol. The third kappa shape index (κ3) is 2.08. The van der Waals surface area contributed by atoms with E-state index in [4.69, 9.17) is 0 Å². The molecule has 0 radical (unpaired) electrons. The summed E-state index contributed by atoms with van der Waals surface area (Å²) in [4.78, 5) is 2.73. The van der Waals surface area contributed by atoms with Gasteiger partial charge in [0.1, 0.15) is 5.75 Å². The Kier molecular flexibility index (Phi) is 2.65. The minimum atomic E-state index is 0.347. The van der Waals surface area contributed by atoms with Crippen molar-refractivity contribution in [2.24, 2.45) is 0 Å². The highest BCUT2D eigenvalue weighted by Gasteiger charge is 2.07. The molecule has 0 aliphatic heterocycles. The lowest BCUT2D eigenvalue weighted by Crippen LogP contribution is -1.81. The Bertz CT molecular complexity index is 664. The van der Waals surface area contributed by atoms with Gasteiger partial charge in [0.05, 0.1) is 0 Å². The Morgan fingerprint density at radius 2 is 2.06 bits per heavy atom. The van der Waals surface area contributed by atoms with Crippen molar-refractivity contribution in [3.05, 3.63) is 51.0 Å². The van der Waals surface area contributed by atoms with E-state index in [1.165, 1.54) is 25.4 Å². The van der Waals surface area contributed by atoms with Crippen molar-refractivity contribution in [1.82, 2.24) is 0 Å². The van der Waals surface area contributed by atoms with Crippen molar-refractivity contribution in [3.63, 3.8) is 0 Å². The first-order valence-electron chi connectivity index (χ1n) is 5.47. The lowest BCUT2D eigenvalue weighted by Gasteiger charge is -1.98. The molecule has 3 heteroatoms. The van der Waals surface area contributed by atoms with E-state index in [0.29, 0.717) is 5.75 Å². The maximum absolute atomic E-state index is 9.55. The van der Waals surface area contributed by atoms with Crippen molar-refractivity contribution in [1.29, 1.82) is 0 Å². The molecule has 2 heterocycles. The zero-order valence-corrected chi connectivity index (χ0v) is 11.1. The van der Waals surface area contributed by atoms with Crippen LogP contribution in [0, 0.1) is 6.92 Å². The highest BCUT2D eigenvalue weighted by atomic mass is 32.1. The number of aryl methyl sites for hydroxylation is 1. The predicted molar refractivity (Wildman–Crippen MR) is 75.4 cm³/mol. The molecule has 0 aliphatic carbocycles. The lowest BCUT2D eigenvalue weighted by atomic mass is 10.1. The fourth-order valence-corrected chi connectivity index (χ4v) is 3.83. The molecule has 0 saturated carbocycles. The smallest absolute Gasteiger partial charge is 0.116 e. The van der Waals surface area contributed by atoms with Crippen LogP contribution < -0.4 is 0 Å². The van der Waals surface area contributed by atoms with Crippen LogP contribution in [0.1, 0.15) is 15.3 Å². The number of hydrogen-bond acceptors (Lipinski definition) is 3. The number of aromatic hydroxyl groups is 1. The second-order valence-corrected chi connectivity index (χ2v) is 6.41. The van der Waals surface area contributed by atoms with E-state index < -0.39 is 0 Å². The third-order valence-corrected chi connectivity index (χ3v) is 4.81. The van der Waals surface area contributed by atoms with Gasteiger partial charge in [-0.2, -0.15) is 0 Å². The molecule has 0 amide bonds. The van der Waals surface area contributed by atoms with Crippen LogP contribution in [-0.4, -0.2) is 5.11 Å². The van der Waals surface area contributed by atoms with Crippen LogP contribution in [0.25, 0.3) is 10.1 Å². The van der Waals surface area contributed by atoms with Gasteiger partial charge in [0, 0.05) is 20.9 Å². The first-order valence-corrected chi connectivity index (χ1v) is 7.16. The maximum atomic E-state index is 9.55. The first kappa shape index (κ1) is 10.8. The van der Waals surface area contributed by atoms with Gasteiger partial charge in [-0.3, -0.25) is 0 Å². The molecular weight excluding hydrogens is 248 g/mol. The minimum absolute atomic E-state index is 0.347. The first-order chi connectivity index (χ1) is 8.22. The highest BCUT2D eigenvalue weighted by molar-refractivity contribution is 7.17. The van der Waals surface area contributed by atoms with Gasteiger partial charge in [-0.05, 0) is 53.6 Å². The Morgan fingerprint density at radius 3 is 2.82 bits per heavy atom. The highest BCUT2D eigenvalue weighted by Crippen LogP contribution is 2.31. The summed E-state index contributed by atoms with van der Waals surface area (Å²) in [5.41, 5.74) is 1.31. The van der Waals surface area contributed by atoms with Crippen LogP contribution in [0.15, 0.2) is 35.7 Å². The third-order valence-electron chi connectivity index (χ3n) is 2.80. The number of thiophene rings is 2. The summed E-state index contributed by atoms with van der Waals surface area (Å²) in [7, 11) is 0. The van der Waals surface area contributed by atoms with Gasteiger partial charge in [0.2, 0.25) is 0 Å². The Morgan fingerprint density at radius 1 is 1.18 bits per heavy atom. The Labute approximate surface area is 108 Å². The molecule has 86 valence electrons. The van der Waals surface area contributed by atoms with Crippen molar-refractivity contribution in [3.8, 4) is 5.75 Å². The molecule has 0 aliphatic rings. The summed E-state index contributed by atoms with van der Waals surface area (Å²) < 4.78 is 1.24. The maximum Gasteiger partial charge on any atom is 0.116 e. The molecule has 1 aromatic carbocycles. The SMILES string of the molecule is Cc1ccc(Cc2csc3ccc(O)cc23)s1. The van der Waals surface area contributed by atoms with Crippen LogP contribution in [0.2, 0.25) is 0 Å². The van der Waals surface area contributed by atoms with Gasteiger partial charge in [-0.1, -0.05) is 0 Å². The largest absolute Gasteiger partial charge is 0.508 e. The summed E-state index contributed by atoms with van der Waals surface area (Å²) in [6.45, 7) is 2.13. The van der Waals surface area contributed by atoms with E-state index in [9.17, 15) is 5.11 Å². The number of phenolic OH excluding ortho intramolecular Hbond substituents is 1. The molecule has 0 atom stereocenters. The van der Waals surface area contributed by atoms with Crippen molar-refractivity contribution >= 4 is 32.8 Å². The van der Waals surface area contributed by atoms with Gasteiger partial charge in [-0.15, -0.1) is 22.7 Å². The number of fused-ring (bicyclic) bond motifs is 1. The molecule has 0 spiro atoms. The normalized spacial score (nSPS) is 11.1. The quantitative estimate of drug-likeness (QED) is 0.715. The second-order valence-electron chi connectivity index (χ2n) is 4.13. The zero-order valence-electron chi connectivity index (χ0n) is 9.43. The van der Waals surface area contributed by atoms with Gasteiger partial charge < -0.3 is 5.11 Å². The van der Waals surface area contributed by atoms with Gasteiger partial charge in [0.15, 0.2) is 0 Å². The zero-order chi connectivity index (χ0) is 11.8. The summed E-state index contributed by atoms with van der Waals surface area (Å²) in [6, 6.07) is 9.94. The van der Waals surface area contributed by atoms with Crippen molar-refractivity contribution in [2.75, 3.05) is 0 Å². The standard InChI is InChI=1S/C14H12OS2/c1-9-2-4-12(17-9)6-10-8-16-14-5-3-11(15)7-13(10)14/h2-5,7-8,15H,6H2,1H3. The summed E-state index contributed by atoms with van der Waals surface area (Å²) >= 11 is 3.58. The molecular formula is C14H12OS2. The van der Waals surface area contributed by atoms with E-state index >= 15 is 0 Å². The average molecular weight is 260 g/mol. The average Bonchev–Trinajstić information content (AvgIpc) is 2.87. The summed E-state index contributed by atoms with van der Waals surface area (Å²) in [5, 5.41) is 12.9. The van der Waals surface area contributed by atoms with Crippen LogP contribution >= 0.6 is 22.7 Å². The molecule has 0 bridgehead atoms. The van der Waals surface area contributed by atoms with Crippen LogP contribution in [0.5, 0.6) is 5.75 Å². The molecule has 1 nitrogen and oxygen atoms in total. The molecule has 0 saturated heterocycles. The van der Waals surface area contributed by atoms with Crippen molar-refractivity contribution < 1.29 is 5.11 Å². The van der Waals surface area contributed by atoms with E-state index in [2.05, 4.69) is 24.4 Å². The number of benzene rings is 1. The van der Waals surface area contributed by atoms with Crippen LogP contribution in [-0.2, 0) is 6.42 Å². The van der Waals surface area contributed by atoms with Gasteiger partial charge >= 0.3 is 0 Å². The van der Waals surface area contributed by atoms with Crippen LogP contribution in [0.4, 0.5) is 0 Å². The minimum Gasteiger partial charge on any atom is -0.508 e. The summed E-state index contributed by atoms with van der Waals surface area (Å²) in [6.07, 6.45) is 0.960. The molecule has 2 aromatic heterocycles.